The highest BCUT2D eigenvalue weighted by molar-refractivity contribution is 6.35. The Bertz CT molecular complexity index is 299. The summed E-state index contributed by atoms with van der Waals surface area (Å²) in [6.07, 6.45) is 7.26. The molecule has 0 heterocycles. The van der Waals surface area contributed by atoms with Gasteiger partial charge < -0.3 is 10.6 Å². The molecule has 2 amide bonds. The smallest absolute Gasteiger partial charge is 0.310 e. The third-order valence-corrected chi connectivity index (χ3v) is 1.57. The van der Waals surface area contributed by atoms with Gasteiger partial charge in [0.2, 0.25) is 0 Å². The molecule has 0 bridgehead atoms. The van der Waals surface area contributed by atoms with Gasteiger partial charge in [0.1, 0.15) is 6.54 Å². The van der Waals surface area contributed by atoms with Gasteiger partial charge in [-0.3, -0.25) is 9.59 Å². The van der Waals surface area contributed by atoms with Gasteiger partial charge in [-0.2, -0.15) is 5.26 Å². The molecule has 0 radical (unpaired) electrons. The number of nitriles is 1. The molecule has 0 atom stereocenters. The molecule has 0 unspecified atom stereocenters. The van der Waals surface area contributed by atoms with Crippen LogP contribution in [0.15, 0.2) is 0 Å². The molecule has 0 aliphatic carbocycles. The largest absolute Gasteiger partial charge is 0.348 e. The van der Waals surface area contributed by atoms with Crippen LogP contribution in [0.1, 0.15) is 19.3 Å². The Hall–Kier alpha value is -2.01. The topological polar surface area (TPSA) is 82.0 Å². The molecule has 0 saturated heterocycles. The number of nitrogens with zero attached hydrogens (tertiary/aromatic N) is 1. The maximum Gasteiger partial charge on any atom is 0.310 e. The zero-order valence-electron chi connectivity index (χ0n) is 8.38. The molecule has 0 spiro atoms. The van der Waals surface area contributed by atoms with Crippen molar-refractivity contribution >= 4 is 11.8 Å². The van der Waals surface area contributed by atoms with Crippen molar-refractivity contribution in [1.29, 1.82) is 5.26 Å². The van der Waals surface area contributed by atoms with Gasteiger partial charge in [-0.15, -0.1) is 12.3 Å². The van der Waals surface area contributed by atoms with E-state index < -0.39 is 11.8 Å². The normalized spacial score (nSPS) is 8.40. The molecular weight excluding hydrogens is 194 g/mol. The van der Waals surface area contributed by atoms with E-state index in [1.165, 1.54) is 0 Å². The maximum atomic E-state index is 11.0. The number of carbonyl (C=O) groups excluding carboxylic acids is 2. The minimum atomic E-state index is -0.784. The molecule has 15 heavy (non-hydrogen) atoms. The predicted octanol–water partition coefficient (Wildman–Crippen LogP) is -0.454. The first-order chi connectivity index (χ1) is 7.22. The van der Waals surface area contributed by atoms with E-state index in [-0.39, 0.29) is 6.54 Å². The quantitative estimate of drug-likeness (QED) is 0.277. The van der Waals surface area contributed by atoms with Crippen LogP contribution in [0, 0.1) is 23.7 Å². The van der Waals surface area contributed by atoms with Gasteiger partial charge in [-0.05, 0) is 12.8 Å². The number of terminal acetylenes is 1. The van der Waals surface area contributed by atoms with Crippen molar-refractivity contribution < 1.29 is 9.59 Å². The number of rotatable bonds is 5. The van der Waals surface area contributed by atoms with E-state index in [4.69, 9.17) is 11.7 Å². The average Bonchev–Trinajstić information content (AvgIpc) is 2.25. The van der Waals surface area contributed by atoms with Crippen LogP contribution in [0.3, 0.4) is 0 Å². The number of unbranched alkanes of at least 4 members (excludes halogenated alkanes) is 2. The molecule has 0 saturated carbocycles. The second kappa shape index (κ2) is 8.58. The fourth-order valence-electron chi connectivity index (χ4n) is 0.834. The summed E-state index contributed by atoms with van der Waals surface area (Å²) in [5.41, 5.74) is 0. The van der Waals surface area contributed by atoms with Crippen molar-refractivity contribution in [3.8, 4) is 18.4 Å². The second-order valence-corrected chi connectivity index (χ2v) is 2.76. The summed E-state index contributed by atoms with van der Waals surface area (Å²) in [6, 6.07) is 1.70. The van der Waals surface area contributed by atoms with Gasteiger partial charge in [-0.1, -0.05) is 0 Å². The SMILES string of the molecule is C#CCCCCNC(=O)C(=O)NCC#N. The Balaban J connectivity index is 3.53. The lowest BCUT2D eigenvalue weighted by atomic mass is 10.2. The predicted molar refractivity (Wildman–Crippen MR) is 54.3 cm³/mol. The first kappa shape index (κ1) is 13.0. The number of amides is 2. The van der Waals surface area contributed by atoms with Crippen molar-refractivity contribution in [2.45, 2.75) is 19.3 Å². The highest BCUT2D eigenvalue weighted by Crippen LogP contribution is 1.90. The van der Waals surface area contributed by atoms with Gasteiger partial charge in [-0.25, -0.2) is 0 Å². The van der Waals surface area contributed by atoms with Crippen LogP contribution in [0.25, 0.3) is 0 Å². The lowest BCUT2D eigenvalue weighted by Gasteiger charge is -2.03. The summed E-state index contributed by atoms with van der Waals surface area (Å²) in [5, 5.41) is 12.7. The van der Waals surface area contributed by atoms with Crippen LogP contribution in [0.5, 0.6) is 0 Å². The summed E-state index contributed by atoms with van der Waals surface area (Å²) in [6.45, 7) is 0.254. The van der Waals surface area contributed by atoms with Crippen LogP contribution >= 0.6 is 0 Å². The van der Waals surface area contributed by atoms with Crippen molar-refractivity contribution in [2.75, 3.05) is 13.1 Å². The highest BCUT2D eigenvalue weighted by Gasteiger charge is 2.10. The first-order valence-corrected chi connectivity index (χ1v) is 4.58. The minimum Gasteiger partial charge on any atom is -0.348 e. The zero-order chi connectivity index (χ0) is 11.5. The van der Waals surface area contributed by atoms with Crippen LogP contribution in [0.2, 0.25) is 0 Å². The van der Waals surface area contributed by atoms with Crippen molar-refractivity contribution in [2.24, 2.45) is 0 Å². The van der Waals surface area contributed by atoms with E-state index in [0.717, 1.165) is 12.8 Å². The molecular formula is C10H13N3O2. The molecule has 5 nitrogen and oxygen atoms in total. The van der Waals surface area contributed by atoms with Gasteiger partial charge in [0.05, 0.1) is 6.07 Å². The van der Waals surface area contributed by atoms with Crippen LogP contribution < -0.4 is 10.6 Å². The number of nitrogens with one attached hydrogen (secondary N) is 2. The van der Waals surface area contributed by atoms with Crippen LogP contribution in [-0.2, 0) is 9.59 Å². The number of hydrogen-bond acceptors (Lipinski definition) is 3. The van der Waals surface area contributed by atoms with Gasteiger partial charge in [0, 0.05) is 13.0 Å². The van der Waals surface area contributed by atoms with Crippen molar-refractivity contribution in [3.05, 3.63) is 0 Å². The van der Waals surface area contributed by atoms with E-state index in [2.05, 4.69) is 16.6 Å². The molecule has 80 valence electrons. The molecule has 0 rings (SSSR count). The molecule has 0 aliphatic heterocycles. The molecule has 0 fully saturated rings. The lowest BCUT2D eigenvalue weighted by Crippen LogP contribution is -2.40. The highest BCUT2D eigenvalue weighted by atomic mass is 16.2. The summed E-state index contributed by atoms with van der Waals surface area (Å²) in [4.78, 5) is 21.9. The van der Waals surface area contributed by atoms with Crippen LogP contribution in [0.4, 0.5) is 0 Å². The van der Waals surface area contributed by atoms with E-state index in [1.807, 2.05) is 0 Å². The molecule has 0 aromatic carbocycles. The summed E-state index contributed by atoms with van der Waals surface area (Å²) in [7, 11) is 0. The summed E-state index contributed by atoms with van der Waals surface area (Å²) >= 11 is 0. The fourth-order valence-corrected chi connectivity index (χ4v) is 0.834. The molecule has 0 aliphatic rings. The monoisotopic (exact) mass is 207 g/mol. The summed E-state index contributed by atoms with van der Waals surface area (Å²) in [5.74, 6) is 0.978. The summed E-state index contributed by atoms with van der Waals surface area (Å²) < 4.78 is 0. The molecule has 0 aromatic heterocycles. The van der Waals surface area contributed by atoms with Gasteiger partial charge >= 0.3 is 11.8 Å². The molecule has 2 N–H and O–H groups in total. The second-order valence-electron chi connectivity index (χ2n) is 2.76. The van der Waals surface area contributed by atoms with E-state index in [1.54, 1.807) is 6.07 Å². The zero-order valence-corrected chi connectivity index (χ0v) is 8.38. The number of carbonyl (C=O) groups is 2. The van der Waals surface area contributed by atoms with Crippen molar-refractivity contribution in [3.63, 3.8) is 0 Å². The van der Waals surface area contributed by atoms with Gasteiger partial charge in [0.15, 0.2) is 0 Å². The van der Waals surface area contributed by atoms with E-state index >= 15 is 0 Å². The minimum absolute atomic E-state index is 0.163. The Labute approximate surface area is 88.8 Å². The first-order valence-electron chi connectivity index (χ1n) is 4.58. The Kier molecular flexibility index (Phi) is 7.43. The fraction of sp³-hybridized carbons (Fsp3) is 0.500. The lowest BCUT2D eigenvalue weighted by molar-refractivity contribution is -0.139. The maximum absolute atomic E-state index is 11.0. The Morgan fingerprint density at radius 1 is 1.20 bits per heavy atom. The van der Waals surface area contributed by atoms with Gasteiger partial charge in [0.25, 0.3) is 0 Å². The van der Waals surface area contributed by atoms with E-state index in [9.17, 15) is 9.59 Å². The van der Waals surface area contributed by atoms with Crippen molar-refractivity contribution in [1.82, 2.24) is 10.6 Å². The van der Waals surface area contributed by atoms with Crippen LogP contribution in [-0.4, -0.2) is 24.9 Å². The Morgan fingerprint density at radius 2 is 1.87 bits per heavy atom. The molecule has 0 aromatic rings. The third kappa shape index (κ3) is 7.09. The number of hydrogen-bond donors (Lipinski definition) is 2. The standard InChI is InChI=1S/C10H13N3O2/c1-2-3-4-5-7-12-9(14)10(15)13-8-6-11/h1H,3-5,7-8H2,(H,12,14)(H,13,15). The third-order valence-electron chi connectivity index (χ3n) is 1.57. The Morgan fingerprint density at radius 3 is 2.47 bits per heavy atom. The average molecular weight is 207 g/mol. The van der Waals surface area contributed by atoms with E-state index in [0.29, 0.717) is 13.0 Å². The molecule has 5 heteroatoms.